The average Bonchev–Trinajstić information content (AvgIpc) is 2.44. The molecule has 9 heteroatoms. The normalized spacial score (nSPS) is 17.3. The van der Waals surface area contributed by atoms with Crippen LogP contribution in [0.1, 0.15) is 19.3 Å². The number of aliphatic carboxylic acids is 1. The van der Waals surface area contributed by atoms with Crippen molar-refractivity contribution >= 4 is 17.9 Å². The summed E-state index contributed by atoms with van der Waals surface area (Å²) in [6.07, 6.45) is 0.765. The topological polar surface area (TPSA) is 142 Å². The van der Waals surface area contributed by atoms with Gasteiger partial charge in [0.15, 0.2) is 0 Å². The lowest BCUT2D eigenvalue weighted by Crippen LogP contribution is -2.51. The van der Waals surface area contributed by atoms with Crippen LogP contribution in [-0.4, -0.2) is 71.5 Å². The van der Waals surface area contributed by atoms with Gasteiger partial charge < -0.3 is 30.9 Å². The fourth-order valence-corrected chi connectivity index (χ4v) is 2.09. The third-order valence-corrected chi connectivity index (χ3v) is 3.18. The molecule has 1 aliphatic heterocycles. The number of amides is 3. The summed E-state index contributed by atoms with van der Waals surface area (Å²) in [6, 6.07) is -1.86. The Kier molecular flexibility index (Phi) is 6.89. The Balaban J connectivity index is 2.42. The van der Waals surface area contributed by atoms with Crippen molar-refractivity contribution in [2.24, 2.45) is 5.73 Å². The Labute approximate surface area is 122 Å². The molecule has 5 N–H and O–H groups in total. The van der Waals surface area contributed by atoms with Crippen molar-refractivity contribution in [3.8, 4) is 0 Å². The Hall–Kier alpha value is -1.87. The second-order valence-corrected chi connectivity index (χ2v) is 4.79. The first kappa shape index (κ1) is 17.2. The van der Waals surface area contributed by atoms with Gasteiger partial charge in [0.2, 0.25) is 5.91 Å². The fourth-order valence-electron chi connectivity index (χ4n) is 2.09. The number of aliphatic hydroxyl groups is 1. The zero-order valence-corrected chi connectivity index (χ0v) is 11.7. The summed E-state index contributed by atoms with van der Waals surface area (Å²) in [5.41, 5.74) is 4.95. The summed E-state index contributed by atoms with van der Waals surface area (Å²) in [4.78, 5) is 35.1. The molecule has 1 aliphatic rings. The molecule has 0 radical (unpaired) electrons. The van der Waals surface area contributed by atoms with Crippen LogP contribution >= 0.6 is 0 Å². The summed E-state index contributed by atoms with van der Waals surface area (Å²) < 4.78 is 5.37. The number of aliphatic hydroxyl groups excluding tert-OH is 1. The molecular weight excluding hydrogens is 282 g/mol. The lowest BCUT2D eigenvalue weighted by atomic mass is 10.1. The van der Waals surface area contributed by atoms with Crippen LogP contribution in [0.2, 0.25) is 0 Å². The minimum Gasteiger partial charge on any atom is -0.480 e. The van der Waals surface area contributed by atoms with Gasteiger partial charge in [-0.3, -0.25) is 4.79 Å². The molecule has 0 bridgehead atoms. The lowest BCUT2D eigenvalue weighted by Gasteiger charge is -2.32. The number of rotatable bonds is 7. The monoisotopic (exact) mass is 303 g/mol. The van der Waals surface area contributed by atoms with Gasteiger partial charge in [-0.1, -0.05) is 0 Å². The van der Waals surface area contributed by atoms with Crippen LogP contribution in [0, 0.1) is 0 Å². The number of urea groups is 1. The molecule has 0 spiro atoms. The number of nitrogens with two attached hydrogens (primary N) is 1. The van der Waals surface area contributed by atoms with E-state index in [-0.39, 0.29) is 19.3 Å². The number of hydrogen-bond acceptors (Lipinski definition) is 5. The van der Waals surface area contributed by atoms with E-state index >= 15 is 0 Å². The number of nitrogens with one attached hydrogen (secondary N) is 1. The molecule has 21 heavy (non-hydrogen) atoms. The molecule has 1 rings (SSSR count). The predicted molar refractivity (Wildman–Crippen MR) is 71.4 cm³/mol. The zero-order chi connectivity index (χ0) is 15.8. The van der Waals surface area contributed by atoms with Crippen molar-refractivity contribution in [1.82, 2.24) is 10.2 Å². The second-order valence-electron chi connectivity index (χ2n) is 4.79. The average molecular weight is 303 g/mol. The van der Waals surface area contributed by atoms with E-state index in [1.54, 1.807) is 0 Å². The minimum absolute atomic E-state index is 0.0120. The number of piperidine rings is 1. The van der Waals surface area contributed by atoms with Gasteiger partial charge >= 0.3 is 12.0 Å². The van der Waals surface area contributed by atoms with Crippen LogP contribution in [0.5, 0.6) is 0 Å². The van der Waals surface area contributed by atoms with Gasteiger partial charge in [0.05, 0.1) is 25.7 Å². The van der Waals surface area contributed by atoms with E-state index in [1.165, 1.54) is 4.90 Å². The van der Waals surface area contributed by atoms with Crippen molar-refractivity contribution in [2.45, 2.75) is 31.4 Å². The lowest BCUT2D eigenvalue weighted by molar-refractivity contribution is -0.141. The van der Waals surface area contributed by atoms with Crippen LogP contribution in [0.4, 0.5) is 4.79 Å². The summed E-state index contributed by atoms with van der Waals surface area (Å²) in [5.74, 6) is -2.10. The summed E-state index contributed by atoms with van der Waals surface area (Å²) >= 11 is 0. The first-order valence-corrected chi connectivity index (χ1v) is 6.73. The van der Waals surface area contributed by atoms with Gasteiger partial charge in [-0.25, -0.2) is 9.59 Å². The number of carboxylic acids is 1. The highest BCUT2D eigenvalue weighted by Gasteiger charge is 2.27. The van der Waals surface area contributed by atoms with Crippen LogP contribution in [0.15, 0.2) is 0 Å². The molecule has 1 heterocycles. The Morgan fingerprint density at radius 1 is 1.33 bits per heavy atom. The first-order valence-electron chi connectivity index (χ1n) is 6.73. The highest BCUT2D eigenvalue weighted by molar-refractivity contribution is 5.87. The van der Waals surface area contributed by atoms with Crippen molar-refractivity contribution in [1.29, 1.82) is 0 Å². The molecule has 1 fully saturated rings. The van der Waals surface area contributed by atoms with E-state index in [9.17, 15) is 14.4 Å². The van der Waals surface area contributed by atoms with E-state index in [4.69, 9.17) is 20.7 Å². The molecule has 9 nitrogen and oxygen atoms in total. The number of carboxylic acid groups (broad SMARTS) is 1. The maximum Gasteiger partial charge on any atom is 0.326 e. The van der Waals surface area contributed by atoms with Crippen molar-refractivity contribution in [3.63, 3.8) is 0 Å². The highest BCUT2D eigenvalue weighted by atomic mass is 16.5. The third kappa shape index (κ3) is 5.96. The Morgan fingerprint density at radius 3 is 2.43 bits per heavy atom. The molecule has 1 saturated heterocycles. The van der Waals surface area contributed by atoms with E-state index in [0.29, 0.717) is 25.9 Å². The molecule has 0 aromatic carbocycles. The first-order chi connectivity index (χ1) is 9.93. The summed E-state index contributed by atoms with van der Waals surface area (Å²) in [7, 11) is 0. The standard InChI is InChI=1S/C12H21N3O6/c13-10(17)7-9(11(18)19)14-12(20)15-3-1-8(2-4-15)21-6-5-16/h8-9,16H,1-7H2,(H2,13,17)(H,14,20)(H,18,19)/t9-/m1/s1. The number of nitrogens with zero attached hydrogens (tertiary/aromatic N) is 1. The van der Waals surface area contributed by atoms with Gasteiger partial charge in [-0.05, 0) is 12.8 Å². The second kappa shape index (κ2) is 8.42. The number of likely N-dealkylation sites (tertiary alicyclic amines) is 1. The maximum absolute atomic E-state index is 11.9. The molecule has 0 aromatic rings. The smallest absolute Gasteiger partial charge is 0.326 e. The number of primary amides is 1. The van der Waals surface area contributed by atoms with Gasteiger partial charge in [0.1, 0.15) is 6.04 Å². The van der Waals surface area contributed by atoms with Crippen molar-refractivity contribution in [2.75, 3.05) is 26.3 Å². The quantitative estimate of drug-likeness (QED) is 0.451. The van der Waals surface area contributed by atoms with Gasteiger partial charge in [0, 0.05) is 13.1 Å². The number of carbonyl (C=O) groups excluding carboxylic acids is 2. The molecule has 1 atom stereocenters. The SMILES string of the molecule is NC(=O)C[C@@H](NC(=O)N1CCC(OCCO)CC1)C(=O)O. The molecule has 120 valence electrons. The van der Waals surface area contributed by atoms with Gasteiger partial charge in [0.25, 0.3) is 0 Å². The molecule has 0 saturated carbocycles. The Bertz CT molecular complexity index is 381. The minimum atomic E-state index is -1.32. The zero-order valence-electron chi connectivity index (χ0n) is 11.7. The molecule has 0 unspecified atom stereocenters. The van der Waals surface area contributed by atoms with E-state index < -0.39 is 30.4 Å². The number of ether oxygens (including phenoxy) is 1. The largest absolute Gasteiger partial charge is 0.480 e. The van der Waals surface area contributed by atoms with Crippen molar-refractivity contribution < 1.29 is 29.3 Å². The Morgan fingerprint density at radius 2 is 1.95 bits per heavy atom. The van der Waals surface area contributed by atoms with Gasteiger partial charge in [-0.2, -0.15) is 0 Å². The van der Waals surface area contributed by atoms with E-state index in [0.717, 1.165) is 0 Å². The molecule has 3 amide bonds. The van der Waals surface area contributed by atoms with E-state index in [2.05, 4.69) is 5.32 Å². The molecule has 0 aromatic heterocycles. The summed E-state index contributed by atoms with van der Waals surface area (Å²) in [6.45, 7) is 1.06. The molecule has 0 aliphatic carbocycles. The highest BCUT2D eigenvalue weighted by Crippen LogP contribution is 2.13. The maximum atomic E-state index is 11.9. The van der Waals surface area contributed by atoms with Crippen LogP contribution in [0.25, 0.3) is 0 Å². The van der Waals surface area contributed by atoms with Crippen LogP contribution in [0.3, 0.4) is 0 Å². The fraction of sp³-hybridized carbons (Fsp3) is 0.750. The third-order valence-electron chi connectivity index (χ3n) is 3.18. The predicted octanol–water partition coefficient (Wildman–Crippen LogP) is -1.50. The van der Waals surface area contributed by atoms with Crippen LogP contribution in [-0.2, 0) is 14.3 Å². The summed E-state index contributed by atoms with van der Waals surface area (Å²) in [5, 5.41) is 19.9. The van der Waals surface area contributed by atoms with Gasteiger partial charge in [-0.15, -0.1) is 0 Å². The van der Waals surface area contributed by atoms with Crippen LogP contribution < -0.4 is 11.1 Å². The number of hydrogen-bond donors (Lipinski definition) is 4. The molecular formula is C12H21N3O6. The van der Waals surface area contributed by atoms with Crippen molar-refractivity contribution in [3.05, 3.63) is 0 Å². The number of carbonyl (C=O) groups is 3. The van der Waals surface area contributed by atoms with E-state index in [1.807, 2.05) is 0 Å².